The molecule has 1 saturated heterocycles. The zero-order valence-corrected chi connectivity index (χ0v) is 21.0. The highest BCUT2D eigenvalue weighted by Gasteiger charge is 2.21. The lowest BCUT2D eigenvalue weighted by Crippen LogP contribution is -2.52. The topological polar surface area (TPSA) is 63.6 Å². The zero-order valence-electron chi connectivity index (χ0n) is 18.6. The van der Waals surface area contributed by atoms with Gasteiger partial charge in [0.15, 0.2) is 5.96 Å². The SMILES string of the molecule is CN=C(NCc1ccccc1OCCN(C)C)N1CCN(c2ccccc2O)CC1.I. The molecule has 0 saturated carbocycles. The Morgan fingerprint density at radius 2 is 1.74 bits per heavy atom. The quantitative estimate of drug-likeness (QED) is 0.321. The Balaban J connectivity index is 0.00000341. The van der Waals surface area contributed by atoms with Crippen LogP contribution < -0.4 is 15.0 Å². The Morgan fingerprint density at radius 3 is 2.42 bits per heavy atom. The Labute approximate surface area is 202 Å². The minimum absolute atomic E-state index is 0. The van der Waals surface area contributed by atoms with Crippen molar-refractivity contribution in [1.29, 1.82) is 0 Å². The summed E-state index contributed by atoms with van der Waals surface area (Å²) in [6.45, 7) is 5.55. The fraction of sp³-hybridized carbons (Fsp3) is 0.435. The number of ether oxygens (including phenoxy) is 1. The summed E-state index contributed by atoms with van der Waals surface area (Å²) in [6.07, 6.45) is 0. The highest BCUT2D eigenvalue weighted by atomic mass is 127. The Hall–Kier alpha value is -2.20. The summed E-state index contributed by atoms with van der Waals surface area (Å²) in [5.41, 5.74) is 2.01. The smallest absolute Gasteiger partial charge is 0.194 e. The molecule has 0 radical (unpaired) electrons. The number of benzene rings is 2. The second-order valence-corrected chi connectivity index (χ2v) is 7.62. The van der Waals surface area contributed by atoms with Crippen LogP contribution in [0.25, 0.3) is 0 Å². The number of aliphatic imine (C=N–C) groups is 1. The van der Waals surface area contributed by atoms with E-state index in [1.54, 1.807) is 6.07 Å². The van der Waals surface area contributed by atoms with E-state index in [0.717, 1.165) is 55.7 Å². The highest BCUT2D eigenvalue weighted by molar-refractivity contribution is 14.0. The van der Waals surface area contributed by atoms with E-state index in [2.05, 4.69) is 31.1 Å². The molecule has 0 atom stereocenters. The fourth-order valence-corrected chi connectivity index (χ4v) is 3.53. The molecule has 7 nitrogen and oxygen atoms in total. The first kappa shape index (κ1) is 25.1. The average Bonchev–Trinajstić information content (AvgIpc) is 2.76. The van der Waals surface area contributed by atoms with Crippen LogP contribution in [-0.2, 0) is 6.54 Å². The molecule has 0 unspecified atom stereocenters. The van der Waals surface area contributed by atoms with Gasteiger partial charge in [0.2, 0.25) is 0 Å². The van der Waals surface area contributed by atoms with Gasteiger partial charge in [0.05, 0.1) is 5.69 Å². The van der Waals surface area contributed by atoms with Crippen LogP contribution in [0.3, 0.4) is 0 Å². The third-order valence-corrected chi connectivity index (χ3v) is 5.22. The highest BCUT2D eigenvalue weighted by Crippen LogP contribution is 2.27. The molecule has 0 bridgehead atoms. The molecule has 2 aromatic rings. The third-order valence-electron chi connectivity index (χ3n) is 5.22. The van der Waals surface area contributed by atoms with Crippen LogP contribution in [0.1, 0.15) is 5.56 Å². The van der Waals surface area contributed by atoms with Gasteiger partial charge in [-0.3, -0.25) is 4.99 Å². The molecule has 3 rings (SSSR count). The maximum absolute atomic E-state index is 10.1. The molecule has 31 heavy (non-hydrogen) atoms. The number of nitrogens with one attached hydrogen (secondary N) is 1. The van der Waals surface area contributed by atoms with Gasteiger partial charge < -0.3 is 29.9 Å². The molecule has 0 aliphatic carbocycles. The maximum atomic E-state index is 10.1. The van der Waals surface area contributed by atoms with Crippen LogP contribution in [-0.4, -0.2) is 81.3 Å². The number of nitrogens with zero attached hydrogens (tertiary/aromatic N) is 4. The first-order valence-corrected chi connectivity index (χ1v) is 10.4. The molecule has 1 fully saturated rings. The van der Waals surface area contributed by atoms with Crippen LogP contribution in [0.2, 0.25) is 0 Å². The van der Waals surface area contributed by atoms with Crippen molar-refractivity contribution in [3.63, 3.8) is 0 Å². The summed E-state index contributed by atoms with van der Waals surface area (Å²) in [5, 5.41) is 13.6. The van der Waals surface area contributed by atoms with Gasteiger partial charge in [0.1, 0.15) is 18.1 Å². The molecule has 0 spiro atoms. The van der Waals surface area contributed by atoms with Gasteiger partial charge >= 0.3 is 0 Å². The van der Waals surface area contributed by atoms with E-state index >= 15 is 0 Å². The van der Waals surface area contributed by atoms with Gasteiger partial charge in [0, 0.05) is 51.9 Å². The van der Waals surface area contributed by atoms with Crippen molar-refractivity contribution >= 4 is 35.6 Å². The number of halogens is 1. The second-order valence-electron chi connectivity index (χ2n) is 7.62. The number of hydrogen-bond acceptors (Lipinski definition) is 5. The monoisotopic (exact) mass is 539 g/mol. The number of anilines is 1. The number of hydrogen-bond donors (Lipinski definition) is 2. The van der Waals surface area contributed by atoms with Crippen molar-refractivity contribution in [2.75, 3.05) is 65.4 Å². The van der Waals surface area contributed by atoms with E-state index in [4.69, 9.17) is 4.74 Å². The predicted octanol–water partition coefficient (Wildman–Crippen LogP) is 2.85. The average molecular weight is 539 g/mol. The van der Waals surface area contributed by atoms with E-state index in [1.807, 2.05) is 57.5 Å². The fourth-order valence-electron chi connectivity index (χ4n) is 3.53. The lowest BCUT2D eigenvalue weighted by Gasteiger charge is -2.37. The number of likely N-dealkylation sites (N-methyl/N-ethyl adjacent to an activating group) is 1. The van der Waals surface area contributed by atoms with Crippen LogP contribution in [0.4, 0.5) is 5.69 Å². The van der Waals surface area contributed by atoms with Crippen molar-refractivity contribution in [1.82, 2.24) is 15.1 Å². The Morgan fingerprint density at radius 1 is 1.06 bits per heavy atom. The molecule has 2 aromatic carbocycles. The normalized spacial score (nSPS) is 14.4. The first-order chi connectivity index (χ1) is 14.6. The largest absolute Gasteiger partial charge is 0.506 e. The lowest BCUT2D eigenvalue weighted by atomic mass is 10.2. The van der Waals surface area contributed by atoms with Crippen molar-refractivity contribution < 1.29 is 9.84 Å². The standard InChI is InChI=1S/C23H33N5O2.HI/c1-24-23(25-18-19-8-4-7-11-22(19)30-17-16-26(2)3)28-14-12-27(13-15-28)20-9-5-6-10-21(20)29;/h4-11,29H,12-18H2,1-3H3,(H,24,25);1H. The molecule has 170 valence electrons. The van der Waals surface area contributed by atoms with E-state index in [9.17, 15) is 5.11 Å². The molecule has 1 aliphatic rings. The first-order valence-electron chi connectivity index (χ1n) is 10.4. The Bertz CT molecular complexity index is 838. The second kappa shape index (κ2) is 12.6. The Kier molecular flexibility index (Phi) is 10.2. The molecule has 1 aliphatic heterocycles. The molecule has 0 aromatic heterocycles. The minimum atomic E-state index is 0. The number of rotatable bonds is 7. The van der Waals surface area contributed by atoms with Gasteiger partial charge in [-0.1, -0.05) is 30.3 Å². The molecule has 0 amide bonds. The molecule has 1 heterocycles. The summed E-state index contributed by atoms with van der Waals surface area (Å²) in [4.78, 5) is 11.1. The number of phenolic OH excluding ortho intramolecular Hbond substituents is 1. The number of piperazine rings is 1. The predicted molar refractivity (Wildman–Crippen MR) is 138 cm³/mol. The lowest BCUT2D eigenvalue weighted by molar-refractivity contribution is 0.259. The number of para-hydroxylation sites is 3. The number of aromatic hydroxyl groups is 1. The third kappa shape index (κ3) is 7.17. The molecular formula is C23H34IN5O2. The molecular weight excluding hydrogens is 505 g/mol. The zero-order chi connectivity index (χ0) is 21.3. The summed E-state index contributed by atoms with van der Waals surface area (Å²) >= 11 is 0. The van der Waals surface area contributed by atoms with Crippen molar-refractivity contribution in [3.05, 3.63) is 54.1 Å². The molecule has 2 N–H and O–H groups in total. The van der Waals surface area contributed by atoms with Gasteiger partial charge in [-0.2, -0.15) is 0 Å². The van der Waals surface area contributed by atoms with E-state index < -0.39 is 0 Å². The summed E-state index contributed by atoms with van der Waals surface area (Å²) < 4.78 is 5.97. The van der Waals surface area contributed by atoms with E-state index in [1.165, 1.54) is 0 Å². The van der Waals surface area contributed by atoms with Crippen molar-refractivity contribution in [2.24, 2.45) is 4.99 Å². The van der Waals surface area contributed by atoms with Gasteiger partial charge in [-0.05, 0) is 32.3 Å². The summed E-state index contributed by atoms with van der Waals surface area (Å²) in [7, 11) is 5.90. The van der Waals surface area contributed by atoms with E-state index in [-0.39, 0.29) is 24.0 Å². The van der Waals surface area contributed by atoms with Crippen LogP contribution in [0.5, 0.6) is 11.5 Å². The van der Waals surface area contributed by atoms with Gasteiger partial charge in [0.25, 0.3) is 0 Å². The van der Waals surface area contributed by atoms with E-state index in [0.29, 0.717) is 18.9 Å². The van der Waals surface area contributed by atoms with Crippen LogP contribution in [0.15, 0.2) is 53.5 Å². The maximum Gasteiger partial charge on any atom is 0.194 e. The van der Waals surface area contributed by atoms with Gasteiger partial charge in [-0.15, -0.1) is 24.0 Å². The van der Waals surface area contributed by atoms with Crippen LogP contribution in [0, 0.1) is 0 Å². The van der Waals surface area contributed by atoms with Crippen LogP contribution >= 0.6 is 24.0 Å². The molecule has 8 heteroatoms. The summed E-state index contributed by atoms with van der Waals surface area (Å²) in [5.74, 6) is 2.13. The number of guanidine groups is 1. The van der Waals surface area contributed by atoms with Crippen molar-refractivity contribution in [3.8, 4) is 11.5 Å². The van der Waals surface area contributed by atoms with Crippen molar-refractivity contribution in [2.45, 2.75) is 6.54 Å². The summed E-state index contributed by atoms with van der Waals surface area (Å²) in [6, 6.07) is 15.6. The minimum Gasteiger partial charge on any atom is -0.506 e. The number of phenols is 1. The van der Waals surface area contributed by atoms with Gasteiger partial charge in [-0.25, -0.2) is 0 Å².